The highest BCUT2D eigenvalue weighted by molar-refractivity contribution is 6.00. The van der Waals surface area contributed by atoms with Crippen molar-refractivity contribution in [3.63, 3.8) is 0 Å². The van der Waals surface area contributed by atoms with Gasteiger partial charge in [-0.2, -0.15) is 4.80 Å². The number of hydrogen-bond donors (Lipinski definition) is 1. The number of carbonyl (C=O) groups excluding carboxylic acids is 1. The third kappa shape index (κ3) is 3.41. The average molecular weight is 409 g/mol. The van der Waals surface area contributed by atoms with Crippen molar-refractivity contribution in [1.82, 2.24) is 40.0 Å². The van der Waals surface area contributed by atoms with Crippen molar-refractivity contribution in [2.45, 2.75) is 37.8 Å². The Balaban J connectivity index is 1.43. The number of aryl methyl sites for hydroxylation is 1. The molecule has 3 aromatic heterocycles. The number of carbonyl (C=O) groups is 1. The Morgan fingerprint density at radius 2 is 2.10 bits per heavy atom. The minimum atomic E-state index is 0.0369. The second-order valence-corrected chi connectivity index (χ2v) is 8.13. The van der Waals surface area contributed by atoms with Gasteiger partial charge in [-0.25, -0.2) is 9.78 Å². The molecule has 2 amide bonds. The molecule has 2 fully saturated rings. The molecule has 2 saturated heterocycles. The van der Waals surface area contributed by atoms with Crippen LogP contribution in [-0.2, 0) is 7.05 Å². The maximum absolute atomic E-state index is 13.8. The first-order valence-corrected chi connectivity index (χ1v) is 10.6. The molecular formula is C20H27N9O. The molecule has 0 saturated carbocycles. The molecule has 3 aromatic rings. The molecular weight excluding hydrogens is 382 g/mol. The van der Waals surface area contributed by atoms with Crippen LogP contribution in [0.25, 0.3) is 10.9 Å². The van der Waals surface area contributed by atoms with E-state index in [2.05, 4.69) is 36.3 Å². The Bertz CT molecular complexity index is 1000. The molecule has 10 nitrogen and oxygen atoms in total. The molecule has 5 heterocycles. The molecule has 2 aliphatic heterocycles. The van der Waals surface area contributed by atoms with Crippen LogP contribution in [0.3, 0.4) is 0 Å². The highest BCUT2D eigenvalue weighted by Gasteiger charge is 2.35. The van der Waals surface area contributed by atoms with Crippen LogP contribution in [-0.4, -0.2) is 72.9 Å². The predicted molar refractivity (Wildman–Crippen MR) is 112 cm³/mol. The zero-order valence-corrected chi connectivity index (χ0v) is 17.2. The van der Waals surface area contributed by atoms with E-state index in [-0.39, 0.29) is 18.1 Å². The third-order valence-corrected chi connectivity index (χ3v) is 6.26. The van der Waals surface area contributed by atoms with Gasteiger partial charge >= 0.3 is 6.03 Å². The first kappa shape index (κ1) is 19.0. The third-order valence-electron chi connectivity index (χ3n) is 6.26. The molecule has 1 N–H and O–H groups in total. The quantitative estimate of drug-likeness (QED) is 0.705. The number of rotatable bonds is 3. The summed E-state index contributed by atoms with van der Waals surface area (Å²) in [5.41, 5.74) is 0.998. The minimum absolute atomic E-state index is 0.0369. The molecule has 1 atom stereocenters. The van der Waals surface area contributed by atoms with Gasteiger partial charge in [0, 0.05) is 44.5 Å². The number of fused-ring (bicyclic) bond motifs is 1. The zero-order valence-electron chi connectivity index (χ0n) is 17.2. The van der Waals surface area contributed by atoms with Crippen LogP contribution < -0.4 is 10.2 Å². The number of tetrazole rings is 1. The molecule has 0 aliphatic carbocycles. The Labute approximate surface area is 174 Å². The van der Waals surface area contributed by atoms with Crippen molar-refractivity contribution >= 4 is 22.8 Å². The van der Waals surface area contributed by atoms with Gasteiger partial charge in [0.25, 0.3) is 0 Å². The lowest BCUT2D eigenvalue weighted by atomic mass is 10.0. The highest BCUT2D eigenvalue weighted by atomic mass is 16.2. The number of nitrogens with zero attached hydrogens (tertiary/aromatic N) is 8. The lowest BCUT2D eigenvalue weighted by molar-refractivity contribution is 0.166. The average Bonchev–Trinajstić information content (AvgIpc) is 3.46. The van der Waals surface area contributed by atoms with Crippen molar-refractivity contribution in [3.05, 3.63) is 30.9 Å². The number of piperidine rings is 2. The van der Waals surface area contributed by atoms with E-state index < -0.39 is 0 Å². The SMILES string of the molecule is Cn1ccc2ccnc(N(C(=O)N3CCC(n4ncnn4)CC3)[C@@H]3CCCNC3)c21. The molecule has 10 heteroatoms. The van der Waals surface area contributed by atoms with E-state index >= 15 is 0 Å². The Hall–Kier alpha value is -3.01. The molecule has 158 valence electrons. The number of aromatic nitrogens is 6. The lowest BCUT2D eigenvalue weighted by Crippen LogP contribution is -2.55. The number of likely N-dealkylation sites (tertiary alicyclic amines) is 1. The fourth-order valence-corrected chi connectivity index (χ4v) is 4.65. The molecule has 0 spiro atoms. The van der Waals surface area contributed by atoms with Gasteiger partial charge < -0.3 is 14.8 Å². The zero-order chi connectivity index (χ0) is 20.5. The van der Waals surface area contributed by atoms with Crippen molar-refractivity contribution < 1.29 is 4.79 Å². The number of urea groups is 1. The minimum Gasteiger partial charge on any atom is -0.348 e. The molecule has 0 aromatic carbocycles. The van der Waals surface area contributed by atoms with E-state index in [1.165, 1.54) is 6.33 Å². The summed E-state index contributed by atoms with van der Waals surface area (Å²) in [5, 5.41) is 16.5. The monoisotopic (exact) mass is 409 g/mol. The van der Waals surface area contributed by atoms with Crippen LogP contribution in [0.5, 0.6) is 0 Å². The number of pyridine rings is 1. The Morgan fingerprint density at radius 3 is 2.83 bits per heavy atom. The summed E-state index contributed by atoms with van der Waals surface area (Å²) in [6.45, 7) is 3.12. The normalized spacial score (nSPS) is 20.6. The number of nitrogens with one attached hydrogen (secondary N) is 1. The molecule has 0 radical (unpaired) electrons. The predicted octanol–water partition coefficient (Wildman–Crippen LogP) is 1.58. The van der Waals surface area contributed by atoms with Crippen LogP contribution in [0.15, 0.2) is 30.9 Å². The van der Waals surface area contributed by atoms with E-state index in [1.54, 1.807) is 11.0 Å². The summed E-state index contributed by atoms with van der Waals surface area (Å²) >= 11 is 0. The van der Waals surface area contributed by atoms with Gasteiger partial charge in [-0.3, -0.25) is 4.90 Å². The highest BCUT2D eigenvalue weighted by Crippen LogP contribution is 2.30. The maximum Gasteiger partial charge on any atom is 0.326 e. The Kier molecular flexibility index (Phi) is 5.07. The number of hydrogen-bond acceptors (Lipinski definition) is 6. The maximum atomic E-state index is 13.8. The van der Waals surface area contributed by atoms with Gasteiger partial charge in [-0.15, -0.1) is 10.2 Å². The smallest absolute Gasteiger partial charge is 0.326 e. The van der Waals surface area contributed by atoms with E-state index in [1.807, 2.05) is 29.1 Å². The first-order chi connectivity index (χ1) is 14.7. The van der Waals surface area contributed by atoms with Crippen LogP contribution in [0.4, 0.5) is 10.6 Å². The summed E-state index contributed by atoms with van der Waals surface area (Å²) in [6, 6.07) is 4.38. The van der Waals surface area contributed by atoms with Crippen molar-refractivity contribution in [2.24, 2.45) is 7.05 Å². The van der Waals surface area contributed by atoms with Crippen LogP contribution in [0, 0.1) is 0 Å². The van der Waals surface area contributed by atoms with Crippen molar-refractivity contribution in [2.75, 3.05) is 31.1 Å². The topological polar surface area (TPSA) is 97.0 Å². The number of anilines is 1. The second-order valence-electron chi connectivity index (χ2n) is 8.13. The summed E-state index contributed by atoms with van der Waals surface area (Å²) in [4.78, 5) is 24.0. The summed E-state index contributed by atoms with van der Waals surface area (Å²) in [5.74, 6) is 0.749. The van der Waals surface area contributed by atoms with Gasteiger partial charge in [0.15, 0.2) is 12.1 Å². The lowest BCUT2D eigenvalue weighted by Gasteiger charge is -2.39. The molecule has 0 bridgehead atoms. The van der Waals surface area contributed by atoms with Crippen LogP contribution in [0.2, 0.25) is 0 Å². The van der Waals surface area contributed by atoms with E-state index in [4.69, 9.17) is 0 Å². The van der Waals surface area contributed by atoms with Gasteiger partial charge in [0.05, 0.1) is 17.6 Å². The summed E-state index contributed by atoms with van der Waals surface area (Å²) < 4.78 is 2.05. The standard InChI is InChI=1S/C20H27N9O/c1-26-10-5-15-4-9-22-19(18(15)26)28(17-3-2-8-21-13-17)20(30)27-11-6-16(7-12-27)29-24-14-23-25-29/h4-5,9-10,14,16-17,21H,2-3,6-8,11-13H2,1H3/t17-/m1/s1. The van der Waals surface area contributed by atoms with Crippen molar-refractivity contribution in [3.8, 4) is 0 Å². The van der Waals surface area contributed by atoms with Crippen molar-refractivity contribution in [1.29, 1.82) is 0 Å². The van der Waals surface area contributed by atoms with Crippen LogP contribution >= 0.6 is 0 Å². The van der Waals surface area contributed by atoms with E-state index in [0.29, 0.717) is 13.1 Å². The largest absolute Gasteiger partial charge is 0.348 e. The van der Waals surface area contributed by atoms with Gasteiger partial charge in [-0.1, -0.05) is 0 Å². The van der Waals surface area contributed by atoms with Crippen LogP contribution in [0.1, 0.15) is 31.7 Å². The first-order valence-electron chi connectivity index (χ1n) is 10.6. The van der Waals surface area contributed by atoms with Gasteiger partial charge in [0.1, 0.15) is 0 Å². The fourth-order valence-electron chi connectivity index (χ4n) is 4.65. The fraction of sp³-hybridized carbons (Fsp3) is 0.550. The second kappa shape index (κ2) is 8.02. The van der Waals surface area contributed by atoms with E-state index in [9.17, 15) is 4.79 Å². The van der Waals surface area contributed by atoms with Gasteiger partial charge in [0.2, 0.25) is 0 Å². The molecule has 5 rings (SSSR count). The van der Waals surface area contributed by atoms with E-state index in [0.717, 1.165) is 55.5 Å². The Morgan fingerprint density at radius 1 is 1.23 bits per heavy atom. The van der Waals surface area contributed by atoms with Gasteiger partial charge in [-0.05, 0) is 49.6 Å². The summed E-state index contributed by atoms with van der Waals surface area (Å²) in [7, 11) is 2.01. The molecule has 30 heavy (non-hydrogen) atoms. The number of amides is 2. The summed E-state index contributed by atoms with van der Waals surface area (Å²) in [6.07, 6.45) is 8.95. The molecule has 0 unspecified atom stereocenters. The molecule has 2 aliphatic rings.